The molecule has 1 fully saturated rings. The van der Waals surface area contributed by atoms with Crippen LogP contribution in [0.5, 0.6) is 0 Å². The smallest absolute Gasteiger partial charge is 0.399 e. The normalized spacial score (nSPS) is 16.8. The van der Waals surface area contributed by atoms with Gasteiger partial charge in [-0.2, -0.15) is 13.2 Å². The summed E-state index contributed by atoms with van der Waals surface area (Å²) in [4.78, 5) is 16.8. The molecule has 1 aliphatic heterocycles. The van der Waals surface area contributed by atoms with Crippen molar-refractivity contribution in [2.45, 2.75) is 58.9 Å². The fourth-order valence-corrected chi connectivity index (χ4v) is 3.27. The number of rotatable bonds is 3. The zero-order valence-corrected chi connectivity index (χ0v) is 19.7. The lowest BCUT2D eigenvalue weighted by molar-refractivity contribution is -0.137. The van der Waals surface area contributed by atoms with E-state index in [9.17, 15) is 22.4 Å². The molecule has 6 nitrogen and oxygen atoms in total. The Morgan fingerprint density at radius 2 is 1.68 bits per heavy atom. The number of fused-ring (bicyclic) bond motifs is 1. The second-order valence-corrected chi connectivity index (χ2v) is 8.57. The first kappa shape index (κ1) is 25.7. The van der Waals surface area contributed by atoms with Gasteiger partial charge in [-0.3, -0.25) is 9.20 Å². The Hall–Kier alpha value is -2.92. The van der Waals surface area contributed by atoms with Crippen molar-refractivity contribution in [1.29, 1.82) is 0 Å². The Kier molecular flexibility index (Phi) is 6.83. The summed E-state index contributed by atoms with van der Waals surface area (Å²) in [5.41, 5.74) is -1.59. The Morgan fingerprint density at radius 3 is 2.26 bits per heavy atom. The highest BCUT2D eigenvalue weighted by atomic mass is 19.4. The van der Waals surface area contributed by atoms with Gasteiger partial charge in [0.2, 0.25) is 0 Å². The lowest BCUT2D eigenvalue weighted by atomic mass is 9.80. The van der Waals surface area contributed by atoms with E-state index in [0.717, 1.165) is 0 Å². The molecule has 11 heteroatoms. The molecule has 0 unspecified atom stereocenters. The zero-order valence-electron chi connectivity index (χ0n) is 19.7. The molecule has 182 valence electrons. The number of pyridine rings is 1. The van der Waals surface area contributed by atoms with E-state index in [0.29, 0.717) is 29.3 Å². The van der Waals surface area contributed by atoms with Gasteiger partial charge in [0.25, 0.3) is 5.91 Å². The summed E-state index contributed by atoms with van der Waals surface area (Å²) in [5, 5.41) is 2.18. The highest BCUT2D eigenvalue weighted by Gasteiger charge is 2.51. The van der Waals surface area contributed by atoms with Crippen LogP contribution in [0.4, 0.5) is 23.2 Å². The average Bonchev–Trinajstić information content (AvgIpc) is 3.27. The zero-order chi connectivity index (χ0) is 25.5. The fourth-order valence-electron chi connectivity index (χ4n) is 3.27. The number of amides is 1. The van der Waals surface area contributed by atoms with Gasteiger partial charge >= 0.3 is 13.3 Å². The molecule has 1 N–H and O–H groups in total. The summed E-state index contributed by atoms with van der Waals surface area (Å²) in [6.07, 6.45) is -1.84. The monoisotopic (exact) mass is 479 g/mol. The van der Waals surface area contributed by atoms with Crippen LogP contribution in [-0.2, 0) is 15.5 Å². The number of nitrogens with one attached hydrogen (secondary N) is 1. The lowest BCUT2D eigenvalue weighted by Crippen LogP contribution is -2.41. The van der Waals surface area contributed by atoms with Gasteiger partial charge < -0.3 is 14.6 Å². The maximum atomic E-state index is 14.0. The standard InChI is InChI=1S/C21H20BF4N3O3.C2H6/c1-19(2)20(3,4)32-22(31-19)13-7-8-29-16(11-27-17(29)10-13)18(30)28-15-9-12(21(24,25)26)5-6-14(15)23;1-2/h5-11H,1-4H3,(H,28,30);1-2H3. The lowest BCUT2D eigenvalue weighted by Gasteiger charge is -2.32. The Balaban J connectivity index is 0.00000158. The van der Waals surface area contributed by atoms with E-state index in [2.05, 4.69) is 10.3 Å². The van der Waals surface area contributed by atoms with Gasteiger partial charge in [0.05, 0.1) is 28.6 Å². The topological polar surface area (TPSA) is 64.9 Å². The average molecular weight is 479 g/mol. The predicted octanol–water partition coefficient (Wildman–Crippen LogP) is 5.07. The number of carbonyl (C=O) groups excluding carboxylic acids is 1. The SMILES string of the molecule is CC.CC1(C)OB(c2ccn3c(C(=O)Nc4cc(C(F)(F)F)ccc4F)cnc3c2)OC1(C)C. The Labute approximate surface area is 195 Å². The van der Waals surface area contributed by atoms with Crippen molar-refractivity contribution < 1.29 is 31.7 Å². The van der Waals surface area contributed by atoms with Crippen molar-refractivity contribution in [3.63, 3.8) is 0 Å². The molecule has 0 spiro atoms. The second kappa shape index (κ2) is 9.03. The van der Waals surface area contributed by atoms with E-state index in [1.54, 1.807) is 18.3 Å². The molecule has 1 amide bonds. The quantitative estimate of drug-likeness (QED) is 0.421. The fraction of sp³-hybridized carbons (Fsp3) is 0.391. The Morgan fingerprint density at radius 1 is 1.06 bits per heavy atom. The molecule has 3 aromatic rings. The van der Waals surface area contributed by atoms with E-state index >= 15 is 0 Å². The van der Waals surface area contributed by atoms with Gasteiger partial charge in [-0.15, -0.1) is 0 Å². The van der Waals surface area contributed by atoms with E-state index in [-0.39, 0.29) is 5.69 Å². The van der Waals surface area contributed by atoms with Crippen LogP contribution in [0.15, 0.2) is 42.7 Å². The van der Waals surface area contributed by atoms with Crippen LogP contribution in [-0.4, -0.2) is 33.6 Å². The van der Waals surface area contributed by atoms with Crippen LogP contribution in [0.2, 0.25) is 0 Å². The molecule has 0 radical (unpaired) electrons. The van der Waals surface area contributed by atoms with E-state index in [1.165, 1.54) is 10.6 Å². The summed E-state index contributed by atoms with van der Waals surface area (Å²) in [6.45, 7) is 11.7. The molecular formula is C23H26BF4N3O3. The number of benzene rings is 1. The van der Waals surface area contributed by atoms with Gasteiger partial charge in [0.15, 0.2) is 0 Å². The summed E-state index contributed by atoms with van der Waals surface area (Å²) in [5.74, 6) is -1.79. The minimum absolute atomic E-state index is 0.0253. The Bertz CT molecular complexity index is 1190. The molecule has 0 atom stereocenters. The first-order chi connectivity index (χ1) is 15.8. The number of carbonyl (C=O) groups is 1. The third kappa shape index (κ3) is 4.81. The number of hydrogen-bond donors (Lipinski definition) is 1. The number of halogens is 4. The molecule has 1 aromatic carbocycles. The largest absolute Gasteiger partial charge is 0.495 e. The number of alkyl halides is 3. The van der Waals surface area contributed by atoms with E-state index in [4.69, 9.17) is 9.31 Å². The van der Waals surface area contributed by atoms with Gasteiger partial charge in [0.1, 0.15) is 17.2 Å². The van der Waals surface area contributed by atoms with Crippen molar-refractivity contribution in [3.05, 3.63) is 59.8 Å². The number of anilines is 1. The first-order valence-electron chi connectivity index (χ1n) is 10.8. The van der Waals surface area contributed by atoms with Gasteiger partial charge in [-0.05, 0) is 63.5 Å². The highest BCUT2D eigenvalue weighted by molar-refractivity contribution is 6.62. The minimum atomic E-state index is -4.67. The van der Waals surface area contributed by atoms with E-state index in [1.807, 2.05) is 41.5 Å². The molecule has 0 bridgehead atoms. The van der Waals surface area contributed by atoms with Crippen LogP contribution in [0, 0.1) is 5.82 Å². The number of hydrogen-bond acceptors (Lipinski definition) is 4. The van der Waals surface area contributed by atoms with E-state index < -0.39 is 47.5 Å². The van der Waals surface area contributed by atoms with Crippen molar-refractivity contribution in [1.82, 2.24) is 9.38 Å². The van der Waals surface area contributed by atoms with Crippen LogP contribution < -0.4 is 10.8 Å². The summed E-state index contributed by atoms with van der Waals surface area (Å²) >= 11 is 0. The van der Waals surface area contributed by atoms with Crippen molar-refractivity contribution in [2.24, 2.45) is 0 Å². The summed E-state index contributed by atoms with van der Waals surface area (Å²) < 4.78 is 66.2. The number of aromatic nitrogens is 2. The molecule has 1 aliphatic rings. The van der Waals surface area contributed by atoms with Crippen LogP contribution in [0.1, 0.15) is 57.6 Å². The summed E-state index contributed by atoms with van der Waals surface area (Å²) in [7, 11) is -0.627. The van der Waals surface area contributed by atoms with Crippen molar-refractivity contribution >= 4 is 29.8 Å². The van der Waals surface area contributed by atoms with Crippen molar-refractivity contribution in [3.8, 4) is 0 Å². The van der Waals surface area contributed by atoms with Crippen molar-refractivity contribution in [2.75, 3.05) is 5.32 Å². The molecule has 3 heterocycles. The third-order valence-electron chi connectivity index (χ3n) is 5.84. The molecule has 34 heavy (non-hydrogen) atoms. The number of imidazole rings is 1. The second-order valence-electron chi connectivity index (χ2n) is 8.57. The molecule has 4 rings (SSSR count). The number of nitrogens with zero attached hydrogens (tertiary/aromatic N) is 2. The maximum absolute atomic E-state index is 14.0. The molecule has 2 aromatic heterocycles. The third-order valence-corrected chi connectivity index (χ3v) is 5.84. The molecule has 1 saturated heterocycles. The molecule has 0 aliphatic carbocycles. The van der Waals surface area contributed by atoms with Crippen LogP contribution >= 0.6 is 0 Å². The van der Waals surface area contributed by atoms with Gasteiger partial charge in [-0.25, -0.2) is 9.37 Å². The van der Waals surface area contributed by atoms with Crippen LogP contribution in [0.25, 0.3) is 5.65 Å². The van der Waals surface area contributed by atoms with Gasteiger partial charge in [0, 0.05) is 6.20 Å². The maximum Gasteiger partial charge on any atom is 0.495 e. The van der Waals surface area contributed by atoms with Gasteiger partial charge in [-0.1, -0.05) is 13.8 Å². The van der Waals surface area contributed by atoms with Crippen LogP contribution in [0.3, 0.4) is 0 Å². The molecular weight excluding hydrogens is 453 g/mol. The minimum Gasteiger partial charge on any atom is -0.399 e. The first-order valence-corrected chi connectivity index (χ1v) is 10.8. The highest BCUT2D eigenvalue weighted by Crippen LogP contribution is 2.36. The summed E-state index contributed by atoms with van der Waals surface area (Å²) in [6, 6.07) is 5.19. The molecule has 0 saturated carbocycles. The predicted molar refractivity (Wildman–Crippen MR) is 122 cm³/mol.